The van der Waals surface area contributed by atoms with Crippen LogP contribution in [0.3, 0.4) is 0 Å². The van der Waals surface area contributed by atoms with Gasteiger partial charge in [0.1, 0.15) is 11.0 Å². The minimum atomic E-state index is 1.01. The van der Waals surface area contributed by atoms with E-state index in [1.54, 1.807) is 10.3 Å². The summed E-state index contributed by atoms with van der Waals surface area (Å²) >= 11 is 9.43. The third-order valence-electron chi connectivity index (χ3n) is 7.82. The summed E-state index contributed by atoms with van der Waals surface area (Å²) in [7, 11) is 0. The molecule has 0 aliphatic rings. The molecule has 0 saturated heterocycles. The highest BCUT2D eigenvalue weighted by Gasteiger charge is 2.25. The molecule has 0 radical (unpaired) electrons. The van der Waals surface area contributed by atoms with Gasteiger partial charge < -0.3 is 0 Å². The van der Waals surface area contributed by atoms with Gasteiger partial charge in [-0.05, 0) is 82.9 Å². The first-order valence-corrected chi connectivity index (χ1v) is 18.5. The van der Waals surface area contributed by atoms with E-state index in [2.05, 4.69) is 54.0 Å². The molecule has 6 aromatic rings. The largest absolute Gasteiger partial charge is 0.173 e. The smallest absolute Gasteiger partial charge is 0.113 e. The van der Waals surface area contributed by atoms with Crippen molar-refractivity contribution in [1.29, 1.82) is 0 Å². The van der Waals surface area contributed by atoms with E-state index in [0.717, 1.165) is 30.3 Å². The van der Waals surface area contributed by atoms with E-state index >= 15 is 0 Å². The van der Waals surface area contributed by atoms with Gasteiger partial charge in [-0.1, -0.05) is 25.0 Å². The van der Waals surface area contributed by atoms with Gasteiger partial charge in [0.15, 0.2) is 0 Å². The summed E-state index contributed by atoms with van der Waals surface area (Å²) in [5, 5.41) is 0. The van der Waals surface area contributed by atoms with Crippen molar-refractivity contribution in [2.45, 2.75) is 91.9 Å². The van der Waals surface area contributed by atoms with Crippen LogP contribution < -0.4 is 0 Å². The van der Waals surface area contributed by atoms with Crippen molar-refractivity contribution in [2.24, 2.45) is 0 Å². The first kappa shape index (κ1) is 28.8. The van der Waals surface area contributed by atoms with Crippen LogP contribution in [0.1, 0.15) is 86.8 Å². The van der Waals surface area contributed by atoms with Crippen molar-refractivity contribution < 1.29 is 0 Å². The van der Waals surface area contributed by atoms with Crippen molar-refractivity contribution >= 4 is 96.3 Å². The molecule has 41 heavy (non-hydrogen) atoms. The fourth-order valence-corrected chi connectivity index (χ4v) is 12.5. The number of fused-ring (bicyclic) bond motifs is 6. The van der Waals surface area contributed by atoms with Crippen molar-refractivity contribution in [1.82, 2.24) is 8.75 Å². The zero-order valence-corrected chi connectivity index (χ0v) is 28.2. The van der Waals surface area contributed by atoms with Crippen LogP contribution in [0, 0.1) is 37.5 Å². The van der Waals surface area contributed by atoms with Gasteiger partial charge in [-0.3, -0.25) is 0 Å². The predicted octanol–water partition coefficient (Wildman–Crippen LogP) is 11.9. The van der Waals surface area contributed by atoms with E-state index in [9.17, 15) is 0 Å². The fourth-order valence-electron chi connectivity index (χ4n) is 5.66. The van der Waals surface area contributed by atoms with Crippen molar-refractivity contribution in [3.63, 3.8) is 0 Å². The number of unbranched alkanes of at least 4 members (excludes halogenated alkanes) is 6. The number of benzene rings is 1. The molecule has 0 aliphatic heterocycles. The standard InChI is InChI=1S/C34H34N2S5/c1-5-7-9-11-13-15-17-23-22(4)37-31-29(23)39-34-32-30(40-33(31)34)25(18-16-14-12-10-8-6-2)28(38-32)24-20-19-21(3)26-27(24)36-41-35-26/h19-20H,9-18H2,1-4H3. The molecule has 0 unspecified atom stereocenters. The van der Waals surface area contributed by atoms with Crippen molar-refractivity contribution in [2.75, 3.05) is 0 Å². The lowest BCUT2D eigenvalue weighted by Crippen LogP contribution is -1.89. The molecule has 0 atom stereocenters. The molecular weight excluding hydrogens is 597 g/mol. The second-order valence-corrected chi connectivity index (χ2v) is 15.4. The molecule has 0 spiro atoms. The van der Waals surface area contributed by atoms with Crippen molar-refractivity contribution in [3.8, 4) is 34.1 Å². The summed E-state index contributed by atoms with van der Waals surface area (Å²) < 4.78 is 18.5. The molecule has 6 rings (SSSR count). The lowest BCUT2D eigenvalue weighted by molar-refractivity contribution is 0.694. The van der Waals surface area contributed by atoms with Gasteiger partial charge in [0.05, 0.1) is 39.9 Å². The molecule has 5 heterocycles. The highest BCUT2D eigenvalue weighted by Crippen LogP contribution is 2.54. The molecule has 1 aromatic carbocycles. The number of nitrogens with zero attached hydrogens (tertiary/aromatic N) is 2. The predicted molar refractivity (Wildman–Crippen MR) is 188 cm³/mol. The Hall–Kier alpha value is -2.26. The minimum absolute atomic E-state index is 1.01. The van der Waals surface area contributed by atoms with E-state index in [1.807, 2.05) is 59.2 Å². The third-order valence-corrected chi connectivity index (χ3v) is 14.0. The molecule has 0 aliphatic carbocycles. The minimum Gasteiger partial charge on any atom is -0.173 e. The third kappa shape index (κ3) is 5.61. The van der Waals surface area contributed by atoms with Gasteiger partial charge in [0.2, 0.25) is 0 Å². The van der Waals surface area contributed by atoms with Crippen molar-refractivity contribution in [3.05, 3.63) is 33.7 Å². The normalized spacial score (nSPS) is 11.5. The maximum atomic E-state index is 4.77. The van der Waals surface area contributed by atoms with Gasteiger partial charge in [-0.15, -0.1) is 69.0 Å². The number of aryl methyl sites for hydroxylation is 4. The summed E-state index contributed by atoms with van der Waals surface area (Å²) in [5.41, 5.74) is 7.70. The molecule has 5 aromatic heterocycles. The molecule has 2 nitrogen and oxygen atoms in total. The maximum Gasteiger partial charge on any atom is 0.113 e. The SMILES string of the molecule is CC#CCCCCCc1c(C)sc2c1sc1c3sc(-c4ccc(C)c5nsnc45)c(CCCCCC#CC)c3sc21. The average Bonchev–Trinajstić information content (AvgIpc) is 3.77. The van der Waals surface area contributed by atoms with Crippen LogP contribution in [0.15, 0.2) is 12.1 Å². The molecule has 0 bridgehead atoms. The lowest BCUT2D eigenvalue weighted by Gasteiger charge is -2.06. The Morgan fingerprint density at radius 1 is 0.610 bits per heavy atom. The maximum absolute atomic E-state index is 4.77. The van der Waals surface area contributed by atoms with Crippen LogP contribution in [0.5, 0.6) is 0 Å². The topological polar surface area (TPSA) is 25.8 Å². The Balaban J connectivity index is 1.39. The van der Waals surface area contributed by atoms with Crippen LogP contribution in [0.25, 0.3) is 49.7 Å². The number of hydrogen-bond acceptors (Lipinski definition) is 7. The van der Waals surface area contributed by atoms with Crippen LogP contribution >= 0.6 is 57.1 Å². The van der Waals surface area contributed by atoms with E-state index < -0.39 is 0 Å². The molecule has 0 fully saturated rings. The quantitative estimate of drug-likeness (QED) is 0.105. The second-order valence-electron chi connectivity index (χ2n) is 10.6. The zero-order chi connectivity index (χ0) is 28.3. The highest BCUT2D eigenvalue weighted by molar-refractivity contribution is 7.45. The Kier molecular flexibility index (Phi) is 9.10. The summed E-state index contributed by atoms with van der Waals surface area (Å²) in [6.45, 7) is 8.34. The number of thiophene rings is 4. The highest BCUT2D eigenvalue weighted by atomic mass is 32.1. The number of aromatic nitrogens is 2. The van der Waals surface area contributed by atoms with Gasteiger partial charge in [0.25, 0.3) is 0 Å². The van der Waals surface area contributed by atoms with E-state index in [-0.39, 0.29) is 0 Å². The molecule has 7 heteroatoms. The molecule has 0 amide bonds. The van der Waals surface area contributed by atoms with E-state index in [1.165, 1.54) is 107 Å². The second kappa shape index (κ2) is 12.9. The van der Waals surface area contributed by atoms with Crippen LogP contribution in [0.2, 0.25) is 0 Å². The number of hydrogen-bond donors (Lipinski definition) is 0. The molecule has 0 saturated carbocycles. The Bertz CT molecular complexity index is 1970. The summed E-state index contributed by atoms with van der Waals surface area (Å²) in [5.74, 6) is 12.5. The van der Waals surface area contributed by atoms with E-state index in [4.69, 9.17) is 4.37 Å². The average molecular weight is 631 g/mol. The zero-order valence-electron chi connectivity index (χ0n) is 24.2. The Morgan fingerprint density at radius 3 is 1.88 bits per heavy atom. The van der Waals surface area contributed by atoms with E-state index in [0.29, 0.717) is 0 Å². The lowest BCUT2D eigenvalue weighted by atomic mass is 10.0. The van der Waals surface area contributed by atoms with Gasteiger partial charge in [-0.25, -0.2) is 0 Å². The monoisotopic (exact) mass is 630 g/mol. The Labute approximate surface area is 263 Å². The summed E-state index contributed by atoms with van der Waals surface area (Å²) in [6.07, 6.45) is 11.6. The van der Waals surface area contributed by atoms with Crippen LogP contribution in [-0.4, -0.2) is 8.75 Å². The Morgan fingerprint density at radius 2 is 1.20 bits per heavy atom. The summed E-state index contributed by atoms with van der Waals surface area (Å²) in [4.78, 5) is 2.91. The molecule has 210 valence electrons. The van der Waals surface area contributed by atoms with Crippen LogP contribution in [-0.2, 0) is 12.8 Å². The van der Waals surface area contributed by atoms with Crippen LogP contribution in [0.4, 0.5) is 0 Å². The first-order valence-electron chi connectivity index (χ1n) is 14.5. The van der Waals surface area contributed by atoms with Gasteiger partial charge >= 0.3 is 0 Å². The molecular formula is C34H34N2S5. The first-order chi connectivity index (χ1) is 20.1. The van der Waals surface area contributed by atoms with Gasteiger partial charge in [0, 0.05) is 28.2 Å². The summed E-state index contributed by atoms with van der Waals surface area (Å²) in [6, 6.07) is 4.51. The van der Waals surface area contributed by atoms with Gasteiger partial charge in [-0.2, -0.15) is 8.75 Å². The number of rotatable bonds is 11. The fraction of sp³-hybridized carbons (Fsp3) is 0.412. The molecule has 0 N–H and O–H groups in total.